The number of nitriles is 1. The lowest BCUT2D eigenvalue weighted by atomic mass is 9.84. The summed E-state index contributed by atoms with van der Waals surface area (Å²) in [6, 6.07) is 2.34. The highest BCUT2D eigenvalue weighted by atomic mass is 16.3. The predicted molar refractivity (Wildman–Crippen MR) is 86.7 cm³/mol. The van der Waals surface area contributed by atoms with E-state index in [2.05, 4.69) is 26.3 Å². The Morgan fingerprint density at radius 2 is 2.26 bits per heavy atom. The Bertz CT molecular complexity index is 818. The van der Waals surface area contributed by atoms with Crippen LogP contribution >= 0.6 is 0 Å². The number of rotatable bonds is 4. The third-order valence-corrected chi connectivity index (χ3v) is 4.51. The van der Waals surface area contributed by atoms with Crippen LogP contribution in [0.5, 0.6) is 0 Å². The van der Waals surface area contributed by atoms with Crippen LogP contribution < -0.4 is 5.32 Å². The molecule has 0 aromatic carbocycles. The Morgan fingerprint density at radius 1 is 1.48 bits per heavy atom. The molecule has 3 rings (SSSR count). The number of aliphatic hydroxyl groups excluding tert-OH is 1. The van der Waals surface area contributed by atoms with Crippen molar-refractivity contribution < 1.29 is 9.22 Å². The Balaban J connectivity index is 1.97. The zero-order valence-corrected chi connectivity index (χ0v) is 13.0. The van der Waals surface area contributed by atoms with Crippen LogP contribution in [0.1, 0.15) is 61.1 Å². The summed E-state index contributed by atoms with van der Waals surface area (Å²) in [5.41, 5.74) is 1.04. The first-order chi connectivity index (χ1) is 12.3. The number of aliphatic hydroxyl groups is 1. The van der Waals surface area contributed by atoms with Crippen LogP contribution in [-0.2, 0) is 0 Å². The maximum Gasteiger partial charge on any atom is 0.224 e. The second-order valence-electron chi connectivity index (χ2n) is 6.08. The summed E-state index contributed by atoms with van der Waals surface area (Å²) in [6.07, 6.45) is 4.86. The zero-order valence-electron chi connectivity index (χ0n) is 16.0. The van der Waals surface area contributed by atoms with Crippen molar-refractivity contribution in [3.05, 3.63) is 12.0 Å². The molecule has 1 aliphatic carbocycles. The Labute approximate surface area is 139 Å². The number of nitrogens with zero attached hydrogens (tertiary/aromatic N) is 5. The summed E-state index contributed by atoms with van der Waals surface area (Å²) in [7, 11) is 0. The number of hydrogen-bond donors (Lipinski definition) is 2. The van der Waals surface area contributed by atoms with Crippen LogP contribution in [0.4, 0.5) is 5.95 Å². The van der Waals surface area contributed by atoms with Gasteiger partial charge in [-0.3, -0.25) is 0 Å². The minimum Gasteiger partial charge on any atom is -0.385 e. The van der Waals surface area contributed by atoms with Crippen LogP contribution in [0.15, 0.2) is 6.20 Å². The molecule has 2 aromatic rings. The largest absolute Gasteiger partial charge is 0.385 e. The molecule has 0 spiro atoms. The van der Waals surface area contributed by atoms with E-state index in [0.29, 0.717) is 29.3 Å². The maximum atomic E-state index is 10.1. The van der Waals surface area contributed by atoms with Gasteiger partial charge in [-0.05, 0) is 38.5 Å². The molecule has 1 aliphatic rings. The quantitative estimate of drug-likeness (QED) is 0.899. The normalized spacial score (nSPS) is 25.2. The van der Waals surface area contributed by atoms with Gasteiger partial charge < -0.3 is 15.0 Å². The summed E-state index contributed by atoms with van der Waals surface area (Å²) in [4.78, 5) is 12.8. The van der Waals surface area contributed by atoms with Gasteiger partial charge >= 0.3 is 0 Å². The van der Waals surface area contributed by atoms with Gasteiger partial charge in [0.25, 0.3) is 0 Å². The first kappa shape index (κ1) is 12.3. The fourth-order valence-electron chi connectivity index (χ4n) is 3.36. The monoisotopic (exact) mass is 317 g/mol. The van der Waals surface area contributed by atoms with Crippen LogP contribution in [0.2, 0.25) is 0 Å². The lowest BCUT2D eigenvalue weighted by Gasteiger charge is -2.29. The molecule has 0 aliphatic heterocycles. The van der Waals surface area contributed by atoms with Crippen molar-refractivity contribution in [3.8, 4) is 6.07 Å². The number of imidazole rings is 1. The highest BCUT2D eigenvalue weighted by molar-refractivity contribution is 5.72. The van der Waals surface area contributed by atoms with E-state index < -0.39 is 13.1 Å². The molecule has 122 valence electrons. The second kappa shape index (κ2) is 6.50. The third kappa shape index (κ3) is 2.99. The fourth-order valence-corrected chi connectivity index (χ4v) is 3.36. The lowest BCUT2D eigenvalue weighted by molar-refractivity contribution is 0.175. The first-order valence-corrected chi connectivity index (χ1v) is 7.86. The third-order valence-electron chi connectivity index (χ3n) is 4.51. The topological polar surface area (TPSA) is 99.7 Å². The molecular weight excluding hydrogens is 292 g/mol. The average molecular weight is 317 g/mol. The summed E-state index contributed by atoms with van der Waals surface area (Å²) < 4.78 is 23.9. The molecule has 23 heavy (non-hydrogen) atoms. The molecule has 1 atom stereocenters. The van der Waals surface area contributed by atoms with Crippen LogP contribution in [0.25, 0.3) is 11.2 Å². The molecule has 2 N–H and O–H groups in total. The van der Waals surface area contributed by atoms with Crippen molar-refractivity contribution in [2.75, 3.05) is 12.3 Å². The van der Waals surface area contributed by atoms with Crippen molar-refractivity contribution in [3.63, 3.8) is 0 Å². The van der Waals surface area contributed by atoms with Gasteiger partial charge in [-0.25, -0.2) is 9.97 Å². The first-order valence-electron chi connectivity index (χ1n) is 9.36. The molecule has 0 radical (unpaired) electrons. The van der Waals surface area contributed by atoms with Crippen molar-refractivity contribution in [2.45, 2.75) is 51.2 Å². The molecule has 2 heterocycles. The number of aromatic nitrogens is 4. The fraction of sp³-hybridized carbons (Fsp3) is 0.625. The van der Waals surface area contributed by atoms with Gasteiger partial charge in [-0.15, -0.1) is 0 Å². The molecule has 1 saturated carbocycles. The van der Waals surface area contributed by atoms with Crippen molar-refractivity contribution >= 4 is 17.1 Å². The van der Waals surface area contributed by atoms with Crippen molar-refractivity contribution in [1.29, 1.82) is 5.26 Å². The highest BCUT2D eigenvalue weighted by Gasteiger charge is 2.27. The SMILES string of the molecule is [2H]C([2H])([2H])Nc1ncc2nc([C@@H](C)O)n(C3CCC(CC#N)CC3)c2n1. The van der Waals surface area contributed by atoms with Crippen LogP contribution in [-0.4, -0.2) is 31.6 Å². The molecule has 2 aromatic heterocycles. The summed E-state index contributed by atoms with van der Waals surface area (Å²) in [5, 5.41) is 21.3. The summed E-state index contributed by atoms with van der Waals surface area (Å²) in [6.45, 7) is -0.741. The van der Waals surface area contributed by atoms with Gasteiger partial charge in [0.1, 0.15) is 17.4 Å². The van der Waals surface area contributed by atoms with Crippen molar-refractivity contribution in [1.82, 2.24) is 19.5 Å². The Hall–Kier alpha value is -2.20. The zero-order chi connectivity index (χ0) is 18.9. The van der Waals surface area contributed by atoms with E-state index in [9.17, 15) is 5.11 Å². The van der Waals surface area contributed by atoms with E-state index in [1.54, 1.807) is 6.92 Å². The smallest absolute Gasteiger partial charge is 0.224 e. The average Bonchev–Trinajstić information content (AvgIpc) is 2.93. The van der Waals surface area contributed by atoms with E-state index in [4.69, 9.17) is 9.37 Å². The van der Waals surface area contributed by atoms with E-state index in [1.807, 2.05) is 4.57 Å². The second-order valence-corrected chi connectivity index (χ2v) is 6.08. The number of nitrogens with one attached hydrogen (secondary N) is 1. The number of hydrogen-bond acceptors (Lipinski definition) is 6. The molecule has 7 heteroatoms. The molecule has 0 bridgehead atoms. The van der Waals surface area contributed by atoms with Gasteiger partial charge in [0.2, 0.25) is 5.95 Å². The molecular formula is C16H22N6O. The standard InChI is InChI=1S/C16H22N6O/c1-10(23)14-20-13-9-19-16(18-2)21-15(13)22(14)12-5-3-11(4-6-12)7-8-17/h9-12,23H,3-7H2,1-2H3,(H,18,19,21)/t10-,11?,12?/m1/s1/i2D3. The maximum absolute atomic E-state index is 10.1. The van der Waals surface area contributed by atoms with E-state index in [1.165, 1.54) is 6.20 Å². The molecule has 0 amide bonds. The lowest BCUT2D eigenvalue weighted by Crippen LogP contribution is -2.21. The number of fused-ring (bicyclic) bond motifs is 1. The predicted octanol–water partition coefficient (Wildman–Crippen LogP) is 2.57. The van der Waals surface area contributed by atoms with E-state index in [0.717, 1.165) is 25.7 Å². The highest BCUT2D eigenvalue weighted by Crippen LogP contribution is 2.37. The Kier molecular flexibility index (Phi) is 3.46. The van der Waals surface area contributed by atoms with Gasteiger partial charge in [-0.2, -0.15) is 10.2 Å². The molecule has 0 saturated heterocycles. The minimum atomic E-state index is -2.39. The summed E-state index contributed by atoms with van der Waals surface area (Å²) in [5.74, 6) is 0.918. The van der Waals surface area contributed by atoms with Crippen molar-refractivity contribution in [2.24, 2.45) is 5.92 Å². The molecule has 7 nitrogen and oxygen atoms in total. The number of anilines is 1. The van der Waals surface area contributed by atoms with Gasteiger partial charge in [0, 0.05) is 23.6 Å². The van der Waals surface area contributed by atoms with Gasteiger partial charge in [0.15, 0.2) is 5.65 Å². The Morgan fingerprint density at radius 3 is 2.91 bits per heavy atom. The summed E-state index contributed by atoms with van der Waals surface area (Å²) >= 11 is 0. The van der Waals surface area contributed by atoms with E-state index in [-0.39, 0.29) is 12.0 Å². The van der Waals surface area contributed by atoms with Crippen LogP contribution in [0, 0.1) is 17.2 Å². The molecule has 0 unspecified atom stereocenters. The van der Waals surface area contributed by atoms with Crippen LogP contribution in [0.3, 0.4) is 0 Å². The van der Waals surface area contributed by atoms with E-state index >= 15 is 0 Å². The van der Waals surface area contributed by atoms with Gasteiger partial charge in [-0.1, -0.05) is 0 Å². The minimum absolute atomic E-state index is 0.00830. The molecule has 1 fully saturated rings. The van der Waals surface area contributed by atoms with Gasteiger partial charge in [0.05, 0.1) is 12.3 Å².